The van der Waals surface area contributed by atoms with E-state index < -0.39 is 16.1 Å². The molecule has 122 valence electrons. The lowest BCUT2D eigenvalue weighted by Crippen LogP contribution is -2.44. The molecule has 0 saturated heterocycles. The molecule has 2 atom stereocenters. The molecule has 2 unspecified atom stereocenters. The zero-order valence-corrected chi connectivity index (χ0v) is 14.7. The molecule has 0 fully saturated rings. The maximum absolute atomic E-state index is 11.8. The summed E-state index contributed by atoms with van der Waals surface area (Å²) in [6.07, 6.45) is 0.831. The molecule has 9 heteroatoms. The van der Waals surface area contributed by atoms with Gasteiger partial charge in [-0.15, -0.1) is 23.7 Å². The number of thiophene rings is 1. The van der Waals surface area contributed by atoms with E-state index in [2.05, 4.69) is 10.0 Å². The van der Waals surface area contributed by atoms with Crippen molar-refractivity contribution in [2.24, 2.45) is 11.7 Å². The number of hydrogen-bond acceptors (Lipinski definition) is 5. The van der Waals surface area contributed by atoms with Crippen LogP contribution in [0.4, 0.5) is 0 Å². The maximum Gasteiger partial charge on any atom is 0.249 e. The van der Waals surface area contributed by atoms with E-state index in [0.717, 1.165) is 22.6 Å². The monoisotopic (exact) mass is 355 g/mol. The molecule has 1 aromatic heterocycles. The fourth-order valence-corrected chi connectivity index (χ4v) is 3.64. The maximum atomic E-state index is 11.8. The van der Waals surface area contributed by atoms with Gasteiger partial charge in [0.1, 0.15) is 4.21 Å². The topological polar surface area (TPSA) is 101 Å². The third-order valence-electron chi connectivity index (χ3n) is 3.17. The van der Waals surface area contributed by atoms with Crippen LogP contribution in [-0.4, -0.2) is 27.4 Å². The minimum Gasteiger partial charge on any atom is -0.350 e. The Morgan fingerprint density at radius 1 is 1.43 bits per heavy atom. The lowest BCUT2D eigenvalue weighted by molar-refractivity contribution is -0.123. The second-order valence-electron chi connectivity index (χ2n) is 4.56. The highest BCUT2D eigenvalue weighted by Crippen LogP contribution is 2.21. The fourth-order valence-electron chi connectivity index (χ4n) is 1.50. The molecule has 4 N–H and O–H groups in total. The Labute approximate surface area is 136 Å². The molecule has 0 aliphatic rings. The first-order valence-corrected chi connectivity index (χ1v) is 8.67. The van der Waals surface area contributed by atoms with Crippen LogP contribution in [-0.2, 0) is 21.4 Å². The quantitative estimate of drug-likeness (QED) is 0.680. The van der Waals surface area contributed by atoms with Gasteiger partial charge in [-0.25, -0.2) is 13.1 Å². The summed E-state index contributed by atoms with van der Waals surface area (Å²) in [5.74, 6) is -0.107. The minimum absolute atomic E-state index is 0. The third-order valence-corrected chi connectivity index (χ3v) is 6.16. The molecule has 0 spiro atoms. The third kappa shape index (κ3) is 5.55. The number of carbonyl (C=O) groups is 1. The lowest BCUT2D eigenvalue weighted by Gasteiger charge is -2.17. The van der Waals surface area contributed by atoms with Crippen LogP contribution in [0.2, 0.25) is 0 Å². The Morgan fingerprint density at radius 2 is 2.05 bits per heavy atom. The van der Waals surface area contributed by atoms with E-state index in [1.165, 1.54) is 13.1 Å². The molecule has 0 saturated carbocycles. The van der Waals surface area contributed by atoms with E-state index in [4.69, 9.17) is 5.73 Å². The zero-order chi connectivity index (χ0) is 15.3. The van der Waals surface area contributed by atoms with Crippen molar-refractivity contribution >= 4 is 39.7 Å². The molecule has 0 aliphatic carbocycles. The standard InChI is InChI=1S/C12H21N3O3S2.ClH/c1-4-8(2)11(13)12(16)15-7-9-5-6-10(19-9)20(17,18)14-3;/h5-6,8,11,14H,4,7,13H2,1-3H3,(H,15,16);1H. The van der Waals surface area contributed by atoms with Crippen molar-refractivity contribution < 1.29 is 13.2 Å². The van der Waals surface area contributed by atoms with Crippen molar-refractivity contribution in [1.29, 1.82) is 0 Å². The van der Waals surface area contributed by atoms with Crippen molar-refractivity contribution in [2.45, 2.75) is 37.1 Å². The van der Waals surface area contributed by atoms with Crippen molar-refractivity contribution in [3.63, 3.8) is 0 Å². The normalized spacial score (nSPS) is 14.1. The van der Waals surface area contributed by atoms with Gasteiger partial charge in [0.15, 0.2) is 0 Å². The van der Waals surface area contributed by atoms with Gasteiger partial charge in [0.2, 0.25) is 15.9 Å². The summed E-state index contributed by atoms with van der Waals surface area (Å²) in [5, 5.41) is 2.73. The zero-order valence-electron chi connectivity index (χ0n) is 12.3. The minimum atomic E-state index is -3.42. The summed E-state index contributed by atoms with van der Waals surface area (Å²) >= 11 is 1.13. The molecule has 0 aromatic carbocycles. The van der Waals surface area contributed by atoms with Crippen LogP contribution in [0.15, 0.2) is 16.3 Å². The van der Waals surface area contributed by atoms with Crippen LogP contribution in [0.3, 0.4) is 0 Å². The van der Waals surface area contributed by atoms with Gasteiger partial charge in [-0.05, 0) is 25.1 Å². The second kappa shape index (κ2) is 8.70. The number of nitrogens with two attached hydrogens (primary N) is 1. The van der Waals surface area contributed by atoms with Crippen molar-refractivity contribution in [3.05, 3.63) is 17.0 Å². The number of hydrogen-bond donors (Lipinski definition) is 3. The largest absolute Gasteiger partial charge is 0.350 e. The summed E-state index contributed by atoms with van der Waals surface area (Å²) in [6.45, 7) is 4.19. The molecule has 1 heterocycles. The molecule has 0 bridgehead atoms. The highest BCUT2D eigenvalue weighted by molar-refractivity contribution is 7.91. The van der Waals surface area contributed by atoms with Crippen LogP contribution in [0, 0.1) is 5.92 Å². The smallest absolute Gasteiger partial charge is 0.249 e. The average molecular weight is 356 g/mol. The molecule has 0 aliphatic heterocycles. The Balaban J connectivity index is 0.00000400. The predicted octanol–water partition coefficient (Wildman–Crippen LogP) is 1.07. The van der Waals surface area contributed by atoms with Gasteiger partial charge in [0.05, 0.1) is 12.6 Å². The van der Waals surface area contributed by atoms with Crippen LogP contribution in [0.1, 0.15) is 25.1 Å². The van der Waals surface area contributed by atoms with Crippen LogP contribution < -0.4 is 15.8 Å². The molecule has 1 amide bonds. The number of amides is 1. The van der Waals surface area contributed by atoms with Crippen molar-refractivity contribution in [3.8, 4) is 0 Å². The number of sulfonamides is 1. The Morgan fingerprint density at radius 3 is 2.57 bits per heavy atom. The predicted molar refractivity (Wildman–Crippen MR) is 87.1 cm³/mol. The van der Waals surface area contributed by atoms with E-state index >= 15 is 0 Å². The van der Waals surface area contributed by atoms with E-state index in [1.54, 1.807) is 6.07 Å². The SMILES string of the molecule is CCC(C)C(N)C(=O)NCc1ccc(S(=O)(=O)NC)s1.Cl. The average Bonchev–Trinajstić information content (AvgIpc) is 2.92. The molecule has 1 aromatic rings. The fraction of sp³-hybridized carbons (Fsp3) is 0.583. The van der Waals surface area contributed by atoms with Gasteiger partial charge >= 0.3 is 0 Å². The molecule has 21 heavy (non-hydrogen) atoms. The second-order valence-corrected chi connectivity index (χ2v) is 7.84. The summed E-state index contributed by atoms with van der Waals surface area (Å²) in [4.78, 5) is 12.6. The van der Waals surface area contributed by atoms with E-state index in [-0.39, 0.29) is 35.0 Å². The van der Waals surface area contributed by atoms with E-state index in [0.29, 0.717) is 0 Å². The van der Waals surface area contributed by atoms with Gasteiger partial charge in [0, 0.05) is 4.88 Å². The summed E-state index contributed by atoms with van der Waals surface area (Å²) in [6, 6.07) is 2.66. The summed E-state index contributed by atoms with van der Waals surface area (Å²) in [5.41, 5.74) is 5.82. The van der Waals surface area contributed by atoms with E-state index in [9.17, 15) is 13.2 Å². The van der Waals surface area contributed by atoms with Gasteiger partial charge < -0.3 is 11.1 Å². The number of rotatable bonds is 7. The lowest BCUT2D eigenvalue weighted by atomic mass is 9.99. The Kier molecular flexibility index (Phi) is 8.42. The molecule has 1 rings (SSSR count). The first-order valence-electron chi connectivity index (χ1n) is 6.37. The van der Waals surface area contributed by atoms with Gasteiger partial charge in [-0.2, -0.15) is 0 Å². The Bertz CT molecular complexity index is 560. The van der Waals surface area contributed by atoms with Crippen LogP contribution in [0.5, 0.6) is 0 Å². The van der Waals surface area contributed by atoms with Crippen molar-refractivity contribution in [2.75, 3.05) is 7.05 Å². The molecule has 6 nitrogen and oxygen atoms in total. The first-order chi connectivity index (χ1) is 9.31. The Hall–Kier alpha value is -0.670. The van der Waals surface area contributed by atoms with E-state index in [1.807, 2.05) is 13.8 Å². The van der Waals surface area contributed by atoms with Gasteiger partial charge in [0.25, 0.3) is 0 Å². The highest BCUT2D eigenvalue weighted by Gasteiger charge is 2.19. The van der Waals surface area contributed by atoms with Crippen molar-refractivity contribution in [1.82, 2.24) is 10.0 Å². The molecular formula is C12H22ClN3O3S2. The number of halogens is 1. The molecular weight excluding hydrogens is 334 g/mol. The number of nitrogens with one attached hydrogen (secondary N) is 2. The first kappa shape index (κ1) is 20.3. The number of carbonyl (C=O) groups excluding carboxylic acids is 1. The molecule has 0 radical (unpaired) electrons. The van der Waals surface area contributed by atoms with Crippen LogP contribution in [0.25, 0.3) is 0 Å². The highest BCUT2D eigenvalue weighted by atomic mass is 35.5. The van der Waals surface area contributed by atoms with Gasteiger partial charge in [-0.1, -0.05) is 20.3 Å². The van der Waals surface area contributed by atoms with Crippen LogP contribution >= 0.6 is 23.7 Å². The summed E-state index contributed by atoms with van der Waals surface area (Å²) in [7, 11) is -2.06. The van der Waals surface area contributed by atoms with Gasteiger partial charge in [-0.3, -0.25) is 4.79 Å². The summed E-state index contributed by atoms with van der Waals surface area (Å²) < 4.78 is 25.6.